The molecule has 104 valence electrons. The molecular formula is C18H22N2. The van der Waals surface area contributed by atoms with Crippen LogP contribution in [0.3, 0.4) is 0 Å². The summed E-state index contributed by atoms with van der Waals surface area (Å²) in [5, 5.41) is 5.08. The van der Waals surface area contributed by atoms with Crippen LogP contribution in [0.25, 0.3) is 10.9 Å². The molecule has 2 aliphatic carbocycles. The zero-order chi connectivity index (χ0) is 13.4. The molecule has 1 aromatic heterocycles. The van der Waals surface area contributed by atoms with Crippen LogP contribution in [-0.2, 0) is 6.42 Å². The van der Waals surface area contributed by atoms with E-state index in [0.717, 1.165) is 30.8 Å². The largest absolute Gasteiger partial charge is 0.313 e. The second kappa shape index (κ2) is 5.17. The van der Waals surface area contributed by atoms with E-state index in [-0.39, 0.29) is 0 Å². The maximum absolute atomic E-state index is 4.55. The van der Waals surface area contributed by atoms with Crippen molar-refractivity contribution in [3.05, 3.63) is 42.1 Å². The Morgan fingerprint density at radius 2 is 1.80 bits per heavy atom. The Hall–Kier alpha value is -1.41. The average molecular weight is 266 g/mol. The number of nitrogens with zero attached hydrogens (tertiary/aromatic N) is 1. The van der Waals surface area contributed by atoms with Gasteiger partial charge in [0.15, 0.2) is 0 Å². The number of hydrogen-bond donors (Lipinski definition) is 1. The van der Waals surface area contributed by atoms with Gasteiger partial charge in [-0.15, -0.1) is 0 Å². The second-order valence-electron chi connectivity index (χ2n) is 6.40. The number of hydrogen-bond acceptors (Lipinski definition) is 2. The van der Waals surface area contributed by atoms with Crippen LogP contribution in [0.5, 0.6) is 0 Å². The highest BCUT2D eigenvalue weighted by atomic mass is 14.9. The number of pyridine rings is 1. The molecule has 1 N–H and O–H groups in total. The predicted molar refractivity (Wildman–Crippen MR) is 82.7 cm³/mol. The molecule has 2 fully saturated rings. The minimum atomic E-state index is 0.804. The first-order valence-corrected chi connectivity index (χ1v) is 7.98. The van der Waals surface area contributed by atoms with Gasteiger partial charge < -0.3 is 5.32 Å². The number of aromatic nitrogens is 1. The molecule has 1 aromatic carbocycles. The standard InChI is InChI=1S/C18H22N2/c1-3-13-5-2-11-19-17(13)14(4-1)10-12-20-18(15-6-7-15)16-8-9-16/h1-5,11,15-16,18,20H,6-10,12H2. The highest BCUT2D eigenvalue weighted by Gasteiger charge is 2.40. The Labute approximate surface area is 120 Å². The quantitative estimate of drug-likeness (QED) is 0.865. The second-order valence-corrected chi connectivity index (χ2v) is 6.40. The highest BCUT2D eigenvalue weighted by molar-refractivity contribution is 5.81. The van der Waals surface area contributed by atoms with Gasteiger partial charge in [0.2, 0.25) is 0 Å². The maximum atomic E-state index is 4.55. The van der Waals surface area contributed by atoms with Gasteiger partial charge in [0, 0.05) is 17.6 Å². The van der Waals surface area contributed by atoms with Crippen molar-refractivity contribution in [2.45, 2.75) is 38.1 Å². The van der Waals surface area contributed by atoms with Crippen LogP contribution in [0.15, 0.2) is 36.5 Å². The van der Waals surface area contributed by atoms with Crippen molar-refractivity contribution in [3.8, 4) is 0 Å². The van der Waals surface area contributed by atoms with Gasteiger partial charge in [-0.05, 0) is 62.1 Å². The van der Waals surface area contributed by atoms with Crippen LogP contribution in [0, 0.1) is 11.8 Å². The zero-order valence-corrected chi connectivity index (χ0v) is 11.9. The van der Waals surface area contributed by atoms with Crippen molar-refractivity contribution < 1.29 is 0 Å². The molecule has 0 bridgehead atoms. The molecule has 2 aromatic rings. The lowest BCUT2D eigenvalue weighted by molar-refractivity contribution is 0.420. The predicted octanol–water partition coefficient (Wildman–Crippen LogP) is 3.56. The van der Waals surface area contributed by atoms with Crippen LogP contribution in [0.2, 0.25) is 0 Å². The minimum absolute atomic E-state index is 0.804. The molecule has 0 atom stereocenters. The highest BCUT2D eigenvalue weighted by Crippen LogP contribution is 2.44. The van der Waals surface area contributed by atoms with Gasteiger partial charge in [0.25, 0.3) is 0 Å². The van der Waals surface area contributed by atoms with E-state index in [2.05, 4.69) is 34.6 Å². The van der Waals surface area contributed by atoms with Gasteiger partial charge in [-0.3, -0.25) is 4.98 Å². The molecule has 0 spiro atoms. The molecule has 2 nitrogen and oxygen atoms in total. The Kier molecular flexibility index (Phi) is 3.19. The fourth-order valence-corrected chi connectivity index (χ4v) is 3.37. The fourth-order valence-electron chi connectivity index (χ4n) is 3.37. The first kappa shape index (κ1) is 12.3. The van der Waals surface area contributed by atoms with Gasteiger partial charge in [0.05, 0.1) is 5.52 Å². The fraction of sp³-hybridized carbons (Fsp3) is 0.500. The Morgan fingerprint density at radius 1 is 1.05 bits per heavy atom. The smallest absolute Gasteiger partial charge is 0.0734 e. The number of para-hydroxylation sites is 1. The molecule has 0 saturated heterocycles. The molecular weight excluding hydrogens is 244 g/mol. The van der Waals surface area contributed by atoms with Crippen LogP contribution < -0.4 is 5.32 Å². The third kappa shape index (κ3) is 2.57. The summed E-state index contributed by atoms with van der Waals surface area (Å²) < 4.78 is 0. The monoisotopic (exact) mass is 266 g/mol. The normalized spacial score (nSPS) is 18.9. The first-order valence-electron chi connectivity index (χ1n) is 7.98. The zero-order valence-electron chi connectivity index (χ0n) is 11.9. The molecule has 2 aliphatic rings. The SMILES string of the molecule is c1cnc2c(CCNC(C3CC3)C3CC3)cccc2c1. The number of fused-ring (bicyclic) bond motifs is 1. The van der Waals surface area contributed by atoms with Gasteiger partial charge in [0.1, 0.15) is 0 Å². The third-order valence-corrected chi connectivity index (χ3v) is 4.75. The van der Waals surface area contributed by atoms with Crippen LogP contribution in [0.1, 0.15) is 31.2 Å². The van der Waals surface area contributed by atoms with E-state index in [0.29, 0.717) is 0 Å². The molecule has 4 rings (SSSR count). The molecule has 0 aliphatic heterocycles. The van der Waals surface area contributed by atoms with E-state index in [1.54, 1.807) is 0 Å². The molecule has 1 heterocycles. The van der Waals surface area contributed by atoms with Crippen molar-refractivity contribution in [2.24, 2.45) is 11.8 Å². The van der Waals surface area contributed by atoms with Gasteiger partial charge in [-0.1, -0.05) is 24.3 Å². The third-order valence-electron chi connectivity index (χ3n) is 4.75. The molecule has 20 heavy (non-hydrogen) atoms. The molecule has 0 amide bonds. The summed E-state index contributed by atoms with van der Waals surface area (Å²) in [5.74, 6) is 1.96. The Balaban J connectivity index is 1.42. The average Bonchev–Trinajstić information content (AvgIpc) is 3.38. The summed E-state index contributed by atoms with van der Waals surface area (Å²) in [6.45, 7) is 1.09. The number of benzene rings is 1. The lowest BCUT2D eigenvalue weighted by Gasteiger charge is -2.17. The molecule has 0 unspecified atom stereocenters. The van der Waals surface area contributed by atoms with E-state index >= 15 is 0 Å². The summed E-state index contributed by atoms with van der Waals surface area (Å²) in [4.78, 5) is 4.55. The van der Waals surface area contributed by atoms with Gasteiger partial charge >= 0.3 is 0 Å². The summed E-state index contributed by atoms with van der Waals surface area (Å²) in [6, 6.07) is 11.5. The summed E-state index contributed by atoms with van der Waals surface area (Å²) in [7, 11) is 0. The van der Waals surface area contributed by atoms with Gasteiger partial charge in [-0.25, -0.2) is 0 Å². The van der Waals surface area contributed by atoms with Crippen molar-refractivity contribution in [3.63, 3.8) is 0 Å². The Morgan fingerprint density at radius 3 is 2.55 bits per heavy atom. The van der Waals surface area contributed by atoms with Crippen LogP contribution in [0.4, 0.5) is 0 Å². The lowest BCUT2D eigenvalue weighted by atomic mass is 10.0. The summed E-state index contributed by atoms with van der Waals surface area (Å²) >= 11 is 0. The van der Waals surface area contributed by atoms with Crippen molar-refractivity contribution in [2.75, 3.05) is 6.54 Å². The van der Waals surface area contributed by atoms with E-state index in [9.17, 15) is 0 Å². The lowest BCUT2D eigenvalue weighted by Crippen LogP contribution is -2.34. The van der Waals surface area contributed by atoms with E-state index in [4.69, 9.17) is 0 Å². The Bertz CT molecular complexity index is 582. The van der Waals surface area contributed by atoms with Crippen LogP contribution >= 0.6 is 0 Å². The number of nitrogens with one attached hydrogen (secondary N) is 1. The molecule has 0 radical (unpaired) electrons. The van der Waals surface area contributed by atoms with Crippen LogP contribution in [-0.4, -0.2) is 17.6 Å². The minimum Gasteiger partial charge on any atom is -0.313 e. The van der Waals surface area contributed by atoms with Gasteiger partial charge in [-0.2, -0.15) is 0 Å². The summed E-state index contributed by atoms with van der Waals surface area (Å²) in [5.41, 5.74) is 2.55. The summed E-state index contributed by atoms with van der Waals surface area (Å²) in [6.07, 6.45) is 8.78. The maximum Gasteiger partial charge on any atom is 0.0734 e. The number of rotatable bonds is 6. The van der Waals surface area contributed by atoms with Crippen molar-refractivity contribution in [1.29, 1.82) is 0 Å². The first-order chi connectivity index (χ1) is 9.92. The molecule has 2 heteroatoms. The van der Waals surface area contributed by atoms with E-state index < -0.39 is 0 Å². The van der Waals surface area contributed by atoms with Crippen molar-refractivity contribution in [1.82, 2.24) is 10.3 Å². The van der Waals surface area contributed by atoms with Crippen molar-refractivity contribution >= 4 is 10.9 Å². The topological polar surface area (TPSA) is 24.9 Å². The van der Waals surface area contributed by atoms with E-state index in [1.165, 1.54) is 42.1 Å². The molecule has 2 saturated carbocycles. The van der Waals surface area contributed by atoms with E-state index in [1.807, 2.05) is 12.3 Å².